The van der Waals surface area contributed by atoms with E-state index in [1.807, 2.05) is 39.0 Å². The van der Waals surface area contributed by atoms with Gasteiger partial charge in [-0.2, -0.15) is 0 Å². The predicted octanol–water partition coefficient (Wildman–Crippen LogP) is 1.96. The monoisotopic (exact) mass is 294 g/mol. The predicted molar refractivity (Wildman–Crippen MR) is 83.7 cm³/mol. The van der Waals surface area contributed by atoms with Gasteiger partial charge in [0.1, 0.15) is 0 Å². The van der Waals surface area contributed by atoms with E-state index in [0.29, 0.717) is 19.7 Å². The van der Waals surface area contributed by atoms with Gasteiger partial charge in [-0.1, -0.05) is 12.1 Å². The van der Waals surface area contributed by atoms with Crippen LogP contribution in [0.15, 0.2) is 18.2 Å². The van der Waals surface area contributed by atoms with E-state index in [0.717, 1.165) is 17.1 Å². The SMILES string of the molecule is CCOc1cccc(CNCC(C)(C)C(=O)NC)c1OC. The second-order valence-electron chi connectivity index (χ2n) is 5.45. The number of para-hydroxylation sites is 1. The topological polar surface area (TPSA) is 59.6 Å². The summed E-state index contributed by atoms with van der Waals surface area (Å²) in [6.07, 6.45) is 0. The van der Waals surface area contributed by atoms with Crippen LogP contribution in [0.3, 0.4) is 0 Å². The van der Waals surface area contributed by atoms with E-state index in [4.69, 9.17) is 9.47 Å². The van der Waals surface area contributed by atoms with Gasteiger partial charge in [0.15, 0.2) is 11.5 Å². The van der Waals surface area contributed by atoms with Crippen LogP contribution >= 0.6 is 0 Å². The highest BCUT2D eigenvalue weighted by Crippen LogP contribution is 2.31. The minimum Gasteiger partial charge on any atom is -0.493 e. The molecule has 2 N–H and O–H groups in total. The second-order valence-corrected chi connectivity index (χ2v) is 5.45. The second kappa shape index (κ2) is 7.88. The molecule has 5 nitrogen and oxygen atoms in total. The summed E-state index contributed by atoms with van der Waals surface area (Å²) in [5, 5.41) is 5.98. The fourth-order valence-electron chi connectivity index (χ4n) is 2.13. The van der Waals surface area contributed by atoms with E-state index in [-0.39, 0.29) is 5.91 Å². The number of carbonyl (C=O) groups excluding carboxylic acids is 1. The zero-order valence-corrected chi connectivity index (χ0v) is 13.6. The zero-order chi connectivity index (χ0) is 15.9. The van der Waals surface area contributed by atoms with Crippen LogP contribution in [0.25, 0.3) is 0 Å². The molecule has 1 aromatic carbocycles. The smallest absolute Gasteiger partial charge is 0.226 e. The Balaban J connectivity index is 2.71. The van der Waals surface area contributed by atoms with E-state index >= 15 is 0 Å². The molecule has 0 heterocycles. The molecular formula is C16H26N2O3. The Labute approximate surface area is 127 Å². The summed E-state index contributed by atoms with van der Waals surface area (Å²) in [6.45, 7) is 7.55. The number of hydrogen-bond acceptors (Lipinski definition) is 4. The highest BCUT2D eigenvalue weighted by atomic mass is 16.5. The Hall–Kier alpha value is -1.75. The van der Waals surface area contributed by atoms with E-state index < -0.39 is 5.41 Å². The molecule has 0 spiro atoms. The third-order valence-corrected chi connectivity index (χ3v) is 3.29. The molecule has 0 aliphatic carbocycles. The summed E-state index contributed by atoms with van der Waals surface area (Å²) in [7, 11) is 3.29. The van der Waals surface area contributed by atoms with Gasteiger partial charge < -0.3 is 20.1 Å². The molecule has 0 bridgehead atoms. The lowest BCUT2D eigenvalue weighted by atomic mass is 9.92. The van der Waals surface area contributed by atoms with Crippen LogP contribution in [-0.2, 0) is 11.3 Å². The number of nitrogens with one attached hydrogen (secondary N) is 2. The summed E-state index contributed by atoms with van der Waals surface area (Å²) in [5.74, 6) is 1.50. The normalized spacial score (nSPS) is 11.1. The maximum Gasteiger partial charge on any atom is 0.226 e. The number of benzene rings is 1. The lowest BCUT2D eigenvalue weighted by Gasteiger charge is -2.23. The van der Waals surface area contributed by atoms with Gasteiger partial charge in [-0.15, -0.1) is 0 Å². The zero-order valence-electron chi connectivity index (χ0n) is 13.6. The molecule has 1 amide bonds. The summed E-state index contributed by atoms with van der Waals surface area (Å²) >= 11 is 0. The Bertz CT molecular complexity index is 473. The van der Waals surface area contributed by atoms with Crippen molar-refractivity contribution in [2.45, 2.75) is 27.3 Å². The van der Waals surface area contributed by atoms with Gasteiger partial charge in [0.2, 0.25) is 5.91 Å². The van der Waals surface area contributed by atoms with Crippen LogP contribution in [-0.4, -0.2) is 33.2 Å². The molecule has 0 saturated heterocycles. The van der Waals surface area contributed by atoms with Gasteiger partial charge in [0.25, 0.3) is 0 Å². The van der Waals surface area contributed by atoms with Crippen molar-refractivity contribution in [1.29, 1.82) is 0 Å². The highest BCUT2D eigenvalue weighted by molar-refractivity contribution is 5.81. The van der Waals surface area contributed by atoms with E-state index in [1.54, 1.807) is 14.2 Å². The van der Waals surface area contributed by atoms with Gasteiger partial charge >= 0.3 is 0 Å². The number of methoxy groups -OCH3 is 1. The summed E-state index contributed by atoms with van der Waals surface area (Å²) in [4.78, 5) is 11.7. The number of carbonyl (C=O) groups is 1. The van der Waals surface area contributed by atoms with Crippen molar-refractivity contribution in [1.82, 2.24) is 10.6 Å². The molecule has 21 heavy (non-hydrogen) atoms. The molecule has 0 aliphatic rings. The molecule has 118 valence electrons. The van der Waals surface area contributed by atoms with Gasteiger partial charge in [0.05, 0.1) is 19.1 Å². The molecule has 5 heteroatoms. The van der Waals surface area contributed by atoms with Crippen molar-refractivity contribution in [2.24, 2.45) is 5.41 Å². The molecule has 0 unspecified atom stereocenters. The van der Waals surface area contributed by atoms with Crippen LogP contribution in [0.1, 0.15) is 26.3 Å². The minimum atomic E-state index is -0.459. The standard InChI is InChI=1S/C16H26N2O3/c1-6-21-13-9-7-8-12(14(13)20-5)10-18-11-16(2,3)15(19)17-4/h7-9,18H,6,10-11H2,1-5H3,(H,17,19). The summed E-state index contributed by atoms with van der Waals surface area (Å²) in [5.41, 5.74) is 0.552. The Kier molecular flexibility index (Phi) is 6.49. The Morgan fingerprint density at radius 3 is 2.62 bits per heavy atom. The molecule has 0 aromatic heterocycles. The molecular weight excluding hydrogens is 268 g/mol. The molecule has 1 rings (SSSR count). The van der Waals surface area contributed by atoms with Crippen molar-refractivity contribution in [3.8, 4) is 11.5 Å². The highest BCUT2D eigenvalue weighted by Gasteiger charge is 2.26. The van der Waals surface area contributed by atoms with Crippen LogP contribution in [0.2, 0.25) is 0 Å². The van der Waals surface area contributed by atoms with E-state index in [9.17, 15) is 4.79 Å². The van der Waals surface area contributed by atoms with Gasteiger partial charge in [-0.3, -0.25) is 4.79 Å². The van der Waals surface area contributed by atoms with Crippen LogP contribution in [0.4, 0.5) is 0 Å². The lowest BCUT2D eigenvalue weighted by molar-refractivity contribution is -0.128. The lowest BCUT2D eigenvalue weighted by Crippen LogP contribution is -2.41. The largest absolute Gasteiger partial charge is 0.493 e. The summed E-state index contributed by atoms with van der Waals surface area (Å²) < 4.78 is 11.0. The number of amides is 1. The Morgan fingerprint density at radius 1 is 1.33 bits per heavy atom. The maximum atomic E-state index is 11.7. The molecule has 0 fully saturated rings. The first-order valence-corrected chi connectivity index (χ1v) is 7.17. The minimum absolute atomic E-state index is 0.0185. The van der Waals surface area contributed by atoms with E-state index in [1.165, 1.54) is 0 Å². The van der Waals surface area contributed by atoms with Crippen LogP contribution in [0, 0.1) is 5.41 Å². The van der Waals surface area contributed by atoms with Crippen molar-refractivity contribution < 1.29 is 14.3 Å². The van der Waals surface area contributed by atoms with Crippen LogP contribution < -0.4 is 20.1 Å². The molecule has 1 aromatic rings. The maximum absolute atomic E-state index is 11.7. The average Bonchev–Trinajstić information content (AvgIpc) is 2.46. The number of rotatable bonds is 8. The first-order chi connectivity index (χ1) is 9.96. The van der Waals surface area contributed by atoms with E-state index in [2.05, 4.69) is 10.6 Å². The fourth-order valence-corrected chi connectivity index (χ4v) is 2.13. The van der Waals surface area contributed by atoms with Crippen molar-refractivity contribution in [3.63, 3.8) is 0 Å². The van der Waals surface area contributed by atoms with Crippen molar-refractivity contribution in [2.75, 3.05) is 27.3 Å². The summed E-state index contributed by atoms with van der Waals surface area (Å²) in [6, 6.07) is 5.82. The number of ether oxygens (including phenoxy) is 2. The average molecular weight is 294 g/mol. The van der Waals surface area contributed by atoms with Gasteiger partial charge in [-0.25, -0.2) is 0 Å². The van der Waals surface area contributed by atoms with Crippen LogP contribution in [0.5, 0.6) is 11.5 Å². The fraction of sp³-hybridized carbons (Fsp3) is 0.562. The van der Waals surface area contributed by atoms with Crippen molar-refractivity contribution >= 4 is 5.91 Å². The Morgan fingerprint density at radius 2 is 2.05 bits per heavy atom. The number of hydrogen-bond donors (Lipinski definition) is 2. The first-order valence-electron chi connectivity index (χ1n) is 7.17. The molecule has 0 radical (unpaired) electrons. The van der Waals surface area contributed by atoms with Gasteiger partial charge in [-0.05, 0) is 26.8 Å². The quantitative estimate of drug-likeness (QED) is 0.769. The van der Waals surface area contributed by atoms with Crippen molar-refractivity contribution in [3.05, 3.63) is 23.8 Å². The third kappa shape index (κ3) is 4.63. The third-order valence-electron chi connectivity index (χ3n) is 3.29. The molecule has 0 aliphatic heterocycles. The molecule has 0 atom stereocenters. The van der Waals surface area contributed by atoms with Gasteiger partial charge in [0, 0.05) is 25.7 Å². The first kappa shape index (κ1) is 17.3. The molecule has 0 saturated carbocycles.